The van der Waals surface area contributed by atoms with Crippen LogP contribution in [0.4, 0.5) is 0 Å². The summed E-state index contributed by atoms with van der Waals surface area (Å²) in [5, 5.41) is 49.9. The summed E-state index contributed by atoms with van der Waals surface area (Å²) in [5.41, 5.74) is 0. The number of aliphatic hydroxyl groups is 4. The van der Waals surface area contributed by atoms with Gasteiger partial charge < -0.3 is 31.1 Å². The van der Waals surface area contributed by atoms with E-state index >= 15 is 0 Å². The van der Waals surface area contributed by atoms with E-state index in [0.717, 1.165) is 37.2 Å². The van der Waals surface area contributed by atoms with Crippen molar-refractivity contribution in [2.24, 2.45) is 0 Å². The van der Waals surface area contributed by atoms with Crippen molar-refractivity contribution < 1.29 is 30.0 Å². The summed E-state index contributed by atoms with van der Waals surface area (Å²) in [6, 6.07) is -1.21. The molecule has 6 unspecified atom stereocenters. The minimum Gasteiger partial charge on any atom is -0.391 e. The second-order valence-corrected chi connectivity index (χ2v) is 26.8. The lowest BCUT2D eigenvalue weighted by atomic mass is 10.1. The Kier molecular flexibility index (Phi) is 52.5. The highest BCUT2D eigenvalue weighted by Crippen LogP contribution is 2.26. The number of piperazine rings is 1. The Morgan fingerprint density at radius 2 is 0.632 bits per heavy atom. The molecular weight excluding hydrogens is 1020 g/mol. The Morgan fingerprint density at radius 1 is 0.382 bits per heavy atom. The minimum atomic E-state index is -0.605. The maximum atomic E-state index is 13.2. The van der Waals surface area contributed by atoms with Crippen LogP contribution in [0.15, 0.2) is 48.6 Å². The third-order valence-corrected chi connectivity index (χ3v) is 18.7. The number of hydrogen-bond donors (Lipinski definition) is 6. The van der Waals surface area contributed by atoms with Crippen molar-refractivity contribution in [2.75, 3.05) is 62.3 Å². The van der Waals surface area contributed by atoms with E-state index in [-0.39, 0.29) is 11.8 Å². The van der Waals surface area contributed by atoms with Crippen LogP contribution >= 0.6 is 43.2 Å². The summed E-state index contributed by atoms with van der Waals surface area (Å²) >= 11 is 0. The number of nitrogens with one attached hydrogen (secondary N) is 2. The molecule has 444 valence electrons. The van der Waals surface area contributed by atoms with Gasteiger partial charge in [0.25, 0.3) is 0 Å². The van der Waals surface area contributed by atoms with E-state index in [1.165, 1.54) is 154 Å². The van der Waals surface area contributed by atoms with Gasteiger partial charge in [-0.1, -0.05) is 248 Å². The maximum Gasteiger partial charge on any atom is 0.244 e. The van der Waals surface area contributed by atoms with Gasteiger partial charge in [-0.2, -0.15) is 0 Å². The number of allylic oxidation sites excluding steroid dienone is 4. The van der Waals surface area contributed by atoms with Crippen LogP contribution in [-0.2, 0) is 9.59 Å². The van der Waals surface area contributed by atoms with Crippen LogP contribution in [0.3, 0.4) is 0 Å². The standard InChI is InChI=1S/C62H116N4O6S4/c1-5-9-13-17-21-25-29-33-37-41-55(67)49-65(50-56(68)42-38-34-30-26-22-18-14-10-6-2)45-47-73-75-53-59-61(71)64-60(62(72)63-59)54-76-74-48-46-66(51-57(69)43-39-35-31-27-23-19-15-11-7-3)52-58(70)44-40-36-32-28-24-20-16-12-8-4/h33-40,55-60,67-70H,5-32,41-54H2,1-4H3,(H,63,72)(H,64,71)/b37-33-,38-34-,39-35-,40-36-. The first-order chi connectivity index (χ1) is 37.1. The summed E-state index contributed by atoms with van der Waals surface area (Å²) in [4.78, 5) is 30.7. The van der Waals surface area contributed by atoms with Gasteiger partial charge in [-0.3, -0.25) is 19.4 Å². The number of aliphatic hydroxyl groups excluding tert-OH is 4. The van der Waals surface area contributed by atoms with E-state index < -0.39 is 36.5 Å². The second-order valence-electron chi connectivity index (χ2n) is 21.5. The van der Waals surface area contributed by atoms with Gasteiger partial charge in [0, 0.05) is 62.3 Å². The second kappa shape index (κ2) is 54.6. The van der Waals surface area contributed by atoms with Crippen LogP contribution < -0.4 is 10.6 Å². The first kappa shape index (κ1) is 73.1. The highest BCUT2D eigenvalue weighted by molar-refractivity contribution is 8.77. The molecule has 0 bridgehead atoms. The van der Waals surface area contributed by atoms with Crippen molar-refractivity contribution >= 4 is 55.0 Å². The van der Waals surface area contributed by atoms with Gasteiger partial charge in [-0.15, -0.1) is 0 Å². The molecule has 10 nitrogen and oxygen atoms in total. The zero-order valence-electron chi connectivity index (χ0n) is 48.9. The molecule has 6 N–H and O–H groups in total. The molecule has 0 aromatic rings. The van der Waals surface area contributed by atoms with E-state index in [1.54, 1.807) is 43.2 Å². The Bertz CT molecular complexity index is 1270. The fraction of sp³-hybridized carbons (Fsp3) is 0.839. The number of carbonyl (C=O) groups excluding carboxylic acids is 2. The van der Waals surface area contributed by atoms with Crippen molar-refractivity contribution in [2.45, 2.75) is 270 Å². The van der Waals surface area contributed by atoms with Crippen LogP contribution in [0, 0.1) is 0 Å². The topological polar surface area (TPSA) is 146 Å². The van der Waals surface area contributed by atoms with Gasteiger partial charge in [-0.25, -0.2) is 0 Å². The number of unbranched alkanes of at least 4 members (excludes halogenated alkanes) is 24. The summed E-state index contributed by atoms with van der Waals surface area (Å²) < 4.78 is 0. The quantitative estimate of drug-likeness (QED) is 0.0196. The monoisotopic (exact) mass is 1140 g/mol. The summed E-state index contributed by atoms with van der Waals surface area (Å²) in [6.07, 6.45) is 52.4. The lowest BCUT2D eigenvalue weighted by Gasteiger charge is -2.29. The molecule has 1 aliphatic heterocycles. The van der Waals surface area contributed by atoms with Crippen molar-refractivity contribution in [3.8, 4) is 0 Å². The predicted octanol–water partition coefficient (Wildman–Crippen LogP) is 14.6. The van der Waals surface area contributed by atoms with Crippen LogP contribution in [0.25, 0.3) is 0 Å². The van der Waals surface area contributed by atoms with Crippen molar-refractivity contribution in [1.29, 1.82) is 0 Å². The molecule has 1 saturated heterocycles. The number of nitrogens with zero attached hydrogens (tertiary/aromatic N) is 2. The third-order valence-electron chi connectivity index (χ3n) is 14.0. The predicted molar refractivity (Wildman–Crippen MR) is 338 cm³/mol. The maximum absolute atomic E-state index is 13.2. The Morgan fingerprint density at radius 3 is 0.895 bits per heavy atom. The highest BCUT2D eigenvalue weighted by atomic mass is 33.1. The molecule has 14 heteroatoms. The Balaban J connectivity index is 2.60. The number of rotatable bonds is 56. The average molecular weight is 1140 g/mol. The first-order valence-electron chi connectivity index (χ1n) is 31.0. The number of amides is 2. The molecule has 1 aliphatic rings. The van der Waals surface area contributed by atoms with E-state index in [9.17, 15) is 30.0 Å². The smallest absolute Gasteiger partial charge is 0.244 e. The summed E-state index contributed by atoms with van der Waals surface area (Å²) in [7, 11) is 6.43. The molecule has 0 aromatic carbocycles. The molecule has 76 heavy (non-hydrogen) atoms. The summed E-state index contributed by atoms with van der Waals surface area (Å²) in [5.74, 6) is 2.08. The third kappa shape index (κ3) is 45.8. The van der Waals surface area contributed by atoms with Gasteiger partial charge in [0.15, 0.2) is 0 Å². The number of carbonyl (C=O) groups is 2. The van der Waals surface area contributed by atoms with Crippen molar-refractivity contribution in [1.82, 2.24) is 20.4 Å². The lowest BCUT2D eigenvalue weighted by molar-refractivity contribution is -0.135. The van der Waals surface area contributed by atoms with Crippen LogP contribution in [0.5, 0.6) is 0 Å². The van der Waals surface area contributed by atoms with Crippen molar-refractivity contribution in [3.05, 3.63) is 48.6 Å². The van der Waals surface area contributed by atoms with Gasteiger partial charge in [-0.05, 0) is 77.0 Å². The fourth-order valence-corrected chi connectivity index (χ4v) is 13.6. The SMILES string of the molecule is CCCCCCCC/C=C\CC(O)CN(CCSSCC1NC(=O)C(CSSCCN(CC(O)C/C=C\CCCCCCCC)CC(O)C/C=C\CCCCCCCC)NC1=O)CC(O)C/C=C\CCCCCCCC. The first-order valence-corrected chi connectivity index (χ1v) is 36.0. The summed E-state index contributed by atoms with van der Waals surface area (Å²) in [6.45, 7) is 12.3. The van der Waals surface area contributed by atoms with Gasteiger partial charge in [0.05, 0.1) is 24.4 Å². The fourth-order valence-electron chi connectivity index (χ4n) is 9.25. The van der Waals surface area contributed by atoms with Gasteiger partial charge in [0.1, 0.15) is 12.1 Å². The molecule has 0 aliphatic carbocycles. The average Bonchev–Trinajstić information content (AvgIpc) is 3.39. The molecule has 0 radical (unpaired) electrons. The van der Waals surface area contributed by atoms with Crippen LogP contribution in [-0.4, -0.2) is 141 Å². The Hall–Kier alpha value is -0.940. The Labute approximate surface area is 483 Å². The number of hydrogen-bond acceptors (Lipinski definition) is 12. The molecule has 6 atom stereocenters. The molecule has 2 amide bonds. The van der Waals surface area contributed by atoms with Crippen molar-refractivity contribution in [3.63, 3.8) is 0 Å². The van der Waals surface area contributed by atoms with E-state index in [2.05, 4.69) is 96.7 Å². The van der Waals surface area contributed by atoms with E-state index in [1.807, 2.05) is 0 Å². The molecule has 1 rings (SSSR count). The van der Waals surface area contributed by atoms with Gasteiger partial charge in [0.2, 0.25) is 11.8 Å². The molecule has 0 aromatic heterocycles. The highest BCUT2D eigenvalue weighted by Gasteiger charge is 2.33. The normalized spacial score (nSPS) is 17.1. The minimum absolute atomic E-state index is 0.165. The molecular formula is C62H116N4O6S4. The molecule has 1 heterocycles. The molecule has 1 fully saturated rings. The van der Waals surface area contributed by atoms with Crippen LogP contribution in [0.1, 0.15) is 233 Å². The van der Waals surface area contributed by atoms with E-state index in [0.29, 0.717) is 76.5 Å². The van der Waals surface area contributed by atoms with E-state index in [4.69, 9.17) is 0 Å². The largest absolute Gasteiger partial charge is 0.391 e. The molecule has 0 spiro atoms. The van der Waals surface area contributed by atoms with Crippen LogP contribution in [0.2, 0.25) is 0 Å². The zero-order valence-corrected chi connectivity index (χ0v) is 52.2. The lowest BCUT2D eigenvalue weighted by Crippen LogP contribution is -2.63. The van der Waals surface area contributed by atoms with Gasteiger partial charge >= 0.3 is 0 Å². The zero-order chi connectivity index (χ0) is 55.4. The molecule has 0 saturated carbocycles.